The molecule has 1 N–H and O–H groups in total. The second-order valence-corrected chi connectivity index (χ2v) is 6.18. The van der Waals surface area contributed by atoms with E-state index in [-0.39, 0.29) is 0 Å². The van der Waals surface area contributed by atoms with Gasteiger partial charge in [-0.2, -0.15) is 0 Å². The zero-order valence-electron chi connectivity index (χ0n) is 10.2. The number of aromatic nitrogens is 1. The number of thiazole rings is 1. The van der Waals surface area contributed by atoms with Crippen molar-refractivity contribution in [2.24, 2.45) is 0 Å². The molecule has 1 atom stereocenters. The van der Waals surface area contributed by atoms with Crippen LogP contribution < -0.4 is 5.32 Å². The zero-order valence-corrected chi connectivity index (χ0v) is 11.0. The Bertz CT molecular complexity index is 571. The van der Waals surface area contributed by atoms with Gasteiger partial charge in [0.25, 0.3) is 0 Å². The number of rotatable bonds is 4. The molecule has 1 aromatic heterocycles. The van der Waals surface area contributed by atoms with Crippen LogP contribution in [0, 0.1) is 0 Å². The van der Waals surface area contributed by atoms with Gasteiger partial charge in [0.2, 0.25) is 0 Å². The van der Waals surface area contributed by atoms with Crippen molar-refractivity contribution < 1.29 is 0 Å². The molecule has 2 nitrogen and oxygen atoms in total. The third-order valence-corrected chi connectivity index (χ3v) is 4.88. The van der Waals surface area contributed by atoms with E-state index in [1.165, 1.54) is 41.1 Å². The second kappa shape index (κ2) is 4.18. The zero-order chi connectivity index (χ0) is 11.9. The standard InChI is InChI=1S/C15H16N2S/c1-2-4-13-10(3-1)7-14(13)15-17-12(9-18-15)8-16-11-5-6-11/h1-4,9,11,14,16H,5-8H2. The molecule has 0 saturated heterocycles. The van der Waals surface area contributed by atoms with Gasteiger partial charge in [-0.05, 0) is 30.4 Å². The quantitative estimate of drug-likeness (QED) is 0.909. The minimum atomic E-state index is 0.556. The van der Waals surface area contributed by atoms with Crippen molar-refractivity contribution in [3.05, 3.63) is 51.5 Å². The SMILES string of the molecule is c1ccc2c(c1)CC2c1nc(CNC2CC2)cs1. The number of hydrogen-bond donors (Lipinski definition) is 1. The van der Waals surface area contributed by atoms with E-state index in [2.05, 4.69) is 35.0 Å². The molecule has 1 aromatic carbocycles. The Morgan fingerprint density at radius 3 is 3.00 bits per heavy atom. The number of benzene rings is 1. The van der Waals surface area contributed by atoms with Crippen molar-refractivity contribution in [3.63, 3.8) is 0 Å². The highest BCUT2D eigenvalue weighted by Crippen LogP contribution is 2.40. The van der Waals surface area contributed by atoms with Gasteiger partial charge < -0.3 is 5.32 Å². The summed E-state index contributed by atoms with van der Waals surface area (Å²) in [4.78, 5) is 4.79. The van der Waals surface area contributed by atoms with Gasteiger partial charge in [0.05, 0.1) is 5.69 Å². The summed E-state index contributed by atoms with van der Waals surface area (Å²) in [5.41, 5.74) is 4.19. The van der Waals surface area contributed by atoms with Crippen molar-refractivity contribution in [2.75, 3.05) is 0 Å². The van der Waals surface area contributed by atoms with Crippen molar-refractivity contribution in [1.29, 1.82) is 0 Å². The molecule has 18 heavy (non-hydrogen) atoms. The summed E-state index contributed by atoms with van der Waals surface area (Å²) in [6, 6.07) is 9.50. The maximum absolute atomic E-state index is 4.79. The molecule has 1 saturated carbocycles. The van der Waals surface area contributed by atoms with Crippen molar-refractivity contribution >= 4 is 11.3 Å². The maximum atomic E-state index is 4.79. The van der Waals surface area contributed by atoms with Gasteiger partial charge in [0.15, 0.2) is 0 Å². The van der Waals surface area contributed by atoms with Crippen LogP contribution in [0.5, 0.6) is 0 Å². The van der Waals surface area contributed by atoms with Crippen LogP contribution in [0.15, 0.2) is 29.6 Å². The molecular weight excluding hydrogens is 240 g/mol. The Morgan fingerprint density at radius 1 is 1.28 bits per heavy atom. The molecule has 0 bridgehead atoms. The van der Waals surface area contributed by atoms with Gasteiger partial charge in [-0.3, -0.25) is 0 Å². The third kappa shape index (κ3) is 1.88. The molecule has 2 aromatic rings. The normalized spacial score (nSPS) is 21.4. The summed E-state index contributed by atoms with van der Waals surface area (Å²) >= 11 is 1.82. The van der Waals surface area contributed by atoms with Crippen LogP contribution in [-0.2, 0) is 13.0 Å². The molecule has 0 radical (unpaired) electrons. The Morgan fingerprint density at radius 2 is 2.17 bits per heavy atom. The molecule has 4 rings (SSSR count). The fourth-order valence-corrected chi connectivity index (χ4v) is 3.52. The van der Waals surface area contributed by atoms with Crippen LogP contribution in [0.3, 0.4) is 0 Å². The lowest BCUT2D eigenvalue weighted by molar-refractivity contribution is 0.662. The summed E-state index contributed by atoms with van der Waals surface area (Å²) in [6.45, 7) is 0.940. The van der Waals surface area contributed by atoms with E-state index in [9.17, 15) is 0 Å². The minimum absolute atomic E-state index is 0.556. The van der Waals surface area contributed by atoms with Crippen LogP contribution in [0.4, 0.5) is 0 Å². The first-order valence-corrected chi connectivity index (χ1v) is 7.53. The number of hydrogen-bond acceptors (Lipinski definition) is 3. The molecule has 3 heteroatoms. The van der Waals surface area contributed by atoms with Gasteiger partial charge in [-0.1, -0.05) is 24.3 Å². The molecule has 2 aliphatic rings. The van der Waals surface area contributed by atoms with Gasteiger partial charge in [0.1, 0.15) is 5.01 Å². The van der Waals surface area contributed by atoms with E-state index in [4.69, 9.17) is 4.98 Å². The summed E-state index contributed by atoms with van der Waals surface area (Å²) in [5.74, 6) is 0.556. The van der Waals surface area contributed by atoms with Crippen LogP contribution in [0.1, 0.15) is 40.6 Å². The molecule has 92 valence electrons. The predicted molar refractivity (Wildman–Crippen MR) is 74.0 cm³/mol. The van der Waals surface area contributed by atoms with Gasteiger partial charge >= 0.3 is 0 Å². The fourth-order valence-electron chi connectivity index (χ4n) is 2.58. The van der Waals surface area contributed by atoms with E-state index in [1.807, 2.05) is 11.3 Å². The summed E-state index contributed by atoms with van der Waals surface area (Å²) < 4.78 is 0. The maximum Gasteiger partial charge on any atom is 0.101 e. The van der Waals surface area contributed by atoms with E-state index >= 15 is 0 Å². The topological polar surface area (TPSA) is 24.9 Å². The summed E-state index contributed by atoms with van der Waals surface area (Å²) in [6.07, 6.45) is 3.85. The average Bonchev–Trinajstić information content (AvgIpc) is 3.08. The third-order valence-electron chi connectivity index (χ3n) is 3.87. The van der Waals surface area contributed by atoms with E-state index in [0.717, 1.165) is 12.6 Å². The first kappa shape index (κ1) is 10.7. The monoisotopic (exact) mass is 256 g/mol. The first-order chi connectivity index (χ1) is 8.90. The Kier molecular flexibility index (Phi) is 2.49. The highest BCUT2D eigenvalue weighted by atomic mass is 32.1. The molecule has 0 aliphatic heterocycles. The molecule has 0 amide bonds. The van der Waals surface area contributed by atoms with Crippen LogP contribution in [0.2, 0.25) is 0 Å². The van der Waals surface area contributed by atoms with E-state index < -0.39 is 0 Å². The molecule has 0 spiro atoms. The fraction of sp³-hybridized carbons (Fsp3) is 0.400. The van der Waals surface area contributed by atoms with Crippen molar-refractivity contribution in [3.8, 4) is 0 Å². The average molecular weight is 256 g/mol. The Hall–Kier alpha value is -1.19. The highest BCUT2D eigenvalue weighted by molar-refractivity contribution is 7.09. The van der Waals surface area contributed by atoms with Crippen LogP contribution >= 0.6 is 11.3 Å². The van der Waals surface area contributed by atoms with Gasteiger partial charge in [0, 0.05) is 23.9 Å². The smallest absolute Gasteiger partial charge is 0.101 e. The first-order valence-electron chi connectivity index (χ1n) is 6.65. The number of nitrogens with one attached hydrogen (secondary N) is 1. The van der Waals surface area contributed by atoms with Crippen molar-refractivity contribution in [1.82, 2.24) is 10.3 Å². The second-order valence-electron chi connectivity index (χ2n) is 5.29. The van der Waals surface area contributed by atoms with Gasteiger partial charge in [-0.15, -0.1) is 11.3 Å². The largest absolute Gasteiger partial charge is 0.308 e. The van der Waals surface area contributed by atoms with Crippen LogP contribution in [0.25, 0.3) is 0 Å². The summed E-state index contributed by atoms with van der Waals surface area (Å²) in [7, 11) is 0. The Labute approximate surface area is 111 Å². The van der Waals surface area contributed by atoms with Gasteiger partial charge in [-0.25, -0.2) is 4.98 Å². The lowest BCUT2D eigenvalue weighted by atomic mass is 9.78. The number of fused-ring (bicyclic) bond motifs is 1. The minimum Gasteiger partial charge on any atom is -0.308 e. The lowest BCUT2D eigenvalue weighted by Gasteiger charge is -2.28. The summed E-state index contributed by atoms with van der Waals surface area (Å²) in [5, 5.41) is 7.03. The van der Waals surface area contributed by atoms with E-state index in [0.29, 0.717) is 5.92 Å². The molecule has 1 fully saturated rings. The van der Waals surface area contributed by atoms with Crippen LogP contribution in [-0.4, -0.2) is 11.0 Å². The Balaban J connectivity index is 1.49. The lowest BCUT2D eigenvalue weighted by Crippen LogP contribution is -2.18. The predicted octanol–water partition coefficient (Wildman–Crippen LogP) is 3.08. The molecular formula is C15H16N2S. The van der Waals surface area contributed by atoms with E-state index in [1.54, 1.807) is 0 Å². The number of nitrogens with zero attached hydrogens (tertiary/aromatic N) is 1. The molecule has 1 unspecified atom stereocenters. The highest BCUT2D eigenvalue weighted by Gasteiger charge is 2.29. The molecule has 1 heterocycles. The van der Waals surface area contributed by atoms with Crippen molar-refractivity contribution in [2.45, 2.75) is 37.8 Å². The molecule has 2 aliphatic carbocycles.